The first-order chi connectivity index (χ1) is 12.4. The molecule has 3 rings (SSSR count). The zero-order valence-corrected chi connectivity index (χ0v) is 15.8. The average Bonchev–Trinajstić information content (AvgIpc) is 3.03. The molecule has 0 aliphatic carbocycles. The number of amides is 1. The number of carbonyl (C=O) groups is 1. The number of para-hydroxylation sites is 1. The van der Waals surface area contributed by atoms with Gasteiger partial charge in [-0.15, -0.1) is 0 Å². The third-order valence-corrected chi connectivity index (χ3v) is 6.18. The molecule has 0 atom stereocenters. The van der Waals surface area contributed by atoms with E-state index in [1.54, 1.807) is 25.3 Å². The van der Waals surface area contributed by atoms with Gasteiger partial charge in [-0.05, 0) is 31.2 Å². The number of benzene rings is 2. The van der Waals surface area contributed by atoms with Gasteiger partial charge < -0.3 is 4.74 Å². The van der Waals surface area contributed by atoms with E-state index in [4.69, 9.17) is 4.74 Å². The van der Waals surface area contributed by atoms with E-state index in [2.05, 4.69) is 15.8 Å². The summed E-state index contributed by atoms with van der Waals surface area (Å²) in [5.74, 6) is -0.700. The highest BCUT2D eigenvalue weighted by molar-refractivity contribution is 7.92. The Morgan fingerprint density at radius 1 is 1.19 bits per heavy atom. The van der Waals surface area contributed by atoms with Crippen molar-refractivity contribution in [2.75, 3.05) is 18.3 Å². The lowest BCUT2D eigenvalue weighted by atomic mass is 10.2. The molecule has 2 N–H and O–H groups in total. The molecule has 1 amide bonds. The fourth-order valence-electron chi connectivity index (χ4n) is 2.30. The number of nitrogens with zero attached hydrogens (tertiary/aromatic N) is 1. The second kappa shape index (κ2) is 7.30. The van der Waals surface area contributed by atoms with Gasteiger partial charge in [0.2, 0.25) is 5.13 Å². The van der Waals surface area contributed by atoms with Crippen molar-refractivity contribution >= 4 is 42.4 Å². The monoisotopic (exact) mass is 391 g/mol. The van der Waals surface area contributed by atoms with Gasteiger partial charge in [0, 0.05) is 0 Å². The Morgan fingerprint density at radius 2 is 1.92 bits per heavy atom. The molecule has 0 saturated carbocycles. The Balaban J connectivity index is 1.66. The number of anilines is 1. The second-order valence-corrected chi connectivity index (χ2v) is 8.59. The fraction of sp³-hybridized carbons (Fsp3) is 0.176. The second-order valence-electron chi connectivity index (χ2n) is 5.57. The molecule has 2 aromatic carbocycles. The van der Waals surface area contributed by atoms with Gasteiger partial charge in [0.15, 0.2) is 9.84 Å². The van der Waals surface area contributed by atoms with Crippen molar-refractivity contribution in [1.82, 2.24) is 10.4 Å². The van der Waals surface area contributed by atoms with Crippen molar-refractivity contribution in [3.8, 4) is 5.75 Å². The smallest absolute Gasteiger partial charge is 0.253 e. The summed E-state index contributed by atoms with van der Waals surface area (Å²) in [4.78, 5) is 16.5. The number of hydrazine groups is 1. The minimum absolute atomic E-state index is 0.114. The van der Waals surface area contributed by atoms with Gasteiger partial charge in [-0.2, -0.15) is 0 Å². The molecule has 0 bridgehead atoms. The maximum absolute atomic E-state index is 12.3. The van der Waals surface area contributed by atoms with Gasteiger partial charge in [-0.3, -0.25) is 15.6 Å². The molecular weight excluding hydrogens is 374 g/mol. The number of sulfone groups is 1. The van der Waals surface area contributed by atoms with Crippen molar-refractivity contribution in [2.24, 2.45) is 0 Å². The van der Waals surface area contributed by atoms with Crippen molar-refractivity contribution < 1.29 is 17.9 Å². The molecule has 9 heteroatoms. The van der Waals surface area contributed by atoms with Crippen LogP contribution in [0.3, 0.4) is 0 Å². The third kappa shape index (κ3) is 3.94. The van der Waals surface area contributed by atoms with E-state index in [1.165, 1.54) is 23.5 Å². The van der Waals surface area contributed by atoms with Crippen LogP contribution in [0.25, 0.3) is 10.2 Å². The Labute approximate surface area is 154 Å². The third-order valence-electron chi connectivity index (χ3n) is 3.61. The molecule has 26 heavy (non-hydrogen) atoms. The van der Waals surface area contributed by atoms with E-state index in [1.807, 2.05) is 19.1 Å². The lowest BCUT2D eigenvalue weighted by molar-refractivity contribution is -0.118. The van der Waals surface area contributed by atoms with Gasteiger partial charge in [0.25, 0.3) is 5.91 Å². The number of thiazole rings is 1. The quantitative estimate of drug-likeness (QED) is 0.627. The van der Waals surface area contributed by atoms with E-state index >= 15 is 0 Å². The first-order valence-corrected chi connectivity index (χ1v) is 10.1. The number of nitrogens with one attached hydrogen (secondary N) is 2. The maximum atomic E-state index is 12.3. The molecule has 3 aromatic rings. The Kier molecular flexibility index (Phi) is 5.10. The number of aryl methyl sites for hydroxylation is 1. The number of ether oxygens (including phenoxy) is 1. The van der Waals surface area contributed by atoms with Crippen molar-refractivity contribution in [3.63, 3.8) is 0 Å². The molecule has 136 valence electrons. The van der Waals surface area contributed by atoms with Crippen molar-refractivity contribution in [3.05, 3.63) is 48.0 Å². The largest absolute Gasteiger partial charge is 0.494 e. The minimum Gasteiger partial charge on any atom is -0.494 e. The van der Waals surface area contributed by atoms with Crippen LogP contribution in [0.2, 0.25) is 0 Å². The molecule has 7 nitrogen and oxygen atoms in total. The normalized spacial score (nSPS) is 11.3. The molecule has 0 radical (unpaired) electrons. The van der Waals surface area contributed by atoms with Crippen LogP contribution in [0.5, 0.6) is 5.75 Å². The minimum atomic E-state index is -3.70. The number of rotatable bonds is 6. The topological polar surface area (TPSA) is 97.4 Å². The predicted octanol–water partition coefficient (Wildman–Crippen LogP) is 2.53. The lowest BCUT2D eigenvalue weighted by Crippen LogP contribution is -2.34. The predicted molar refractivity (Wildman–Crippen MR) is 101 cm³/mol. The molecule has 1 heterocycles. The van der Waals surface area contributed by atoms with Crippen LogP contribution in [0.15, 0.2) is 47.4 Å². The van der Waals surface area contributed by atoms with Gasteiger partial charge in [-0.25, -0.2) is 13.4 Å². The van der Waals surface area contributed by atoms with E-state index < -0.39 is 21.5 Å². The molecule has 0 aliphatic heterocycles. The Bertz CT molecular complexity index is 1040. The Morgan fingerprint density at radius 3 is 2.62 bits per heavy atom. The average molecular weight is 391 g/mol. The standard InChI is InChI=1S/C17H17N3O4S2/c1-11-6-8-12(9-7-11)26(22,23)10-15(21)19-20-17-18-16-13(24-2)4-3-5-14(16)25-17/h3-9H,10H2,1-2H3,(H,18,20)(H,19,21). The summed E-state index contributed by atoms with van der Waals surface area (Å²) in [5.41, 5.74) is 6.65. The number of methoxy groups -OCH3 is 1. The zero-order chi connectivity index (χ0) is 18.7. The zero-order valence-electron chi connectivity index (χ0n) is 14.1. The van der Waals surface area contributed by atoms with E-state index in [0.717, 1.165) is 10.3 Å². The highest BCUT2D eigenvalue weighted by Gasteiger charge is 2.19. The van der Waals surface area contributed by atoms with E-state index in [9.17, 15) is 13.2 Å². The summed E-state index contributed by atoms with van der Waals surface area (Å²) in [7, 11) is -2.15. The van der Waals surface area contributed by atoms with Gasteiger partial charge >= 0.3 is 0 Å². The summed E-state index contributed by atoms with van der Waals surface area (Å²) in [6, 6.07) is 11.9. The first kappa shape index (κ1) is 18.2. The first-order valence-electron chi connectivity index (χ1n) is 7.67. The highest BCUT2D eigenvalue weighted by atomic mass is 32.2. The van der Waals surface area contributed by atoms with Crippen LogP contribution in [-0.2, 0) is 14.6 Å². The number of hydrogen-bond donors (Lipinski definition) is 2. The number of hydrogen-bond acceptors (Lipinski definition) is 7. The van der Waals surface area contributed by atoms with Crippen molar-refractivity contribution in [2.45, 2.75) is 11.8 Å². The fourth-order valence-corrected chi connectivity index (χ4v) is 4.27. The summed E-state index contributed by atoms with van der Waals surface area (Å²) >= 11 is 1.32. The summed E-state index contributed by atoms with van der Waals surface area (Å²) in [6.45, 7) is 1.86. The highest BCUT2D eigenvalue weighted by Crippen LogP contribution is 2.31. The summed E-state index contributed by atoms with van der Waals surface area (Å²) in [5, 5.41) is 0.436. The van der Waals surface area contributed by atoms with Crippen LogP contribution in [0.4, 0.5) is 5.13 Å². The molecule has 1 aromatic heterocycles. The van der Waals surface area contributed by atoms with Crippen molar-refractivity contribution in [1.29, 1.82) is 0 Å². The molecule has 0 unspecified atom stereocenters. The number of carbonyl (C=O) groups excluding carboxylic acids is 1. The van der Waals surface area contributed by atoms with E-state index in [0.29, 0.717) is 16.4 Å². The summed E-state index contributed by atoms with van der Waals surface area (Å²) < 4.78 is 30.7. The molecule has 0 saturated heterocycles. The van der Waals surface area contributed by atoms with Crippen LogP contribution in [0, 0.1) is 6.92 Å². The molecule has 0 spiro atoms. The molecule has 0 fully saturated rings. The van der Waals surface area contributed by atoms with Crippen LogP contribution < -0.4 is 15.6 Å². The van der Waals surface area contributed by atoms with Gasteiger partial charge in [0.05, 0.1) is 16.7 Å². The molecular formula is C17H17N3O4S2. The lowest BCUT2D eigenvalue weighted by Gasteiger charge is -2.07. The molecule has 0 aliphatic rings. The summed E-state index contributed by atoms with van der Waals surface area (Å²) in [6.07, 6.45) is 0. The van der Waals surface area contributed by atoms with Crippen LogP contribution in [-0.4, -0.2) is 32.2 Å². The van der Waals surface area contributed by atoms with Gasteiger partial charge in [0.1, 0.15) is 17.0 Å². The maximum Gasteiger partial charge on any atom is 0.253 e. The van der Waals surface area contributed by atoms with E-state index in [-0.39, 0.29) is 4.90 Å². The van der Waals surface area contributed by atoms with Crippen LogP contribution in [0.1, 0.15) is 5.56 Å². The SMILES string of the molecule is COc1cccc2sc(NNC(=O)CS(=O)(=O)c3ccc(C)cc3)nc12. The Hall–Kier alpha value is -2.65. The number of aromatic nitrogens is 1. The van der Waals surface area contributed by atoms with Crippen LogP contribution >= 0.6 is 11.3 Å². The van der Waals surface area contributed by atoms with Gasteiger partial charge in [-0.1, -0.05) is 35.1 Å². The number of fused-ring (bicyclic) bond motifs is 1.